The quantitative estimate of drug-likeness (QED) is 0.0323. The van der Waals surface area contributed by atoms with E-state index in [1.807, 2.05) is 0 Å². The molecule has 0 aliphatic carbocycles. The molecule has 3 N–H and O–H groups in total. The van der Waals surface area contributed by atoms with Crippen LogP contribution in [-0.4, -0.2) is 46.9 Å². The minimum Gasteiger partial charge on any atom is -0.462 e. The van der Waals surface area contributed by atoms with Crippen molar-refractivity contribution in [3.05, 3.63) is 12.2 Å². The molecule has 344 valence electrons. The number of allylic oxidation sites excluding steroid dienone is 2. The predicted octanol–water partition coefficient (Wildman–Crippen LogP) is 15.3. The average Bonchev–Trinajstić information content (AvgIpc) is 3.22. The van der Waals surface area contributed by atoms with Crippen molar-refractivity contribution in [3.63, 3.8) is 0 Å². The van der Waals surface area contributed by atoms with E-state index in [4.69, 9.17) is 4.74 Å². The number of hydrogen-bond donors (Lipinski definition) is 3. The molecular weight excluding hydrogens is 719 g/mol. The SMILES string of the molecule is CCCC/C=C\CCCCCC(CC(=O)NC(CO)C(O)CCCCCCCCCCCCCCCCC)OC(=O)CCCCCCCCCCCCCCCCC. The second kappa shape index (κ2) is 46.7. The summed E-state index contributed by atoms with van der Waals surface area (Å²) in [7, 11) is 0. The van der Waals surface area contributed by atoms with Crippen LogP contribution in [0.2, 0.25) is 0 Å². The lowest BCUT2D eigenvalue weighted by atomic mass is 10.0. The first-order valence-corrected chi connectivity index (χ1v) is 25.9. The number of nitrogens with one attached hydrogen (secondary N) is 1. The van der Waals surface area contributed by atoms with Crippen LogP contribution in [0, 0.1) is 0 Å². The number of amides is 1. The molecule has 0 radical (unpaired) electrons. The molecule has 0 fully saturated rings. The number of aliphatic hydroxyl groups excluding tert-OH is 2. The number of aliphatic hydroxyl groups is 2. The van der Waals surface area contributed by atoms with Crippen molar-refractivity contribution in [2.45, 2.75) is 302 Å². The third-order valence-electron chi connectivity index (χ3n) is 12.1. The molecule has 58 heavy (non-hydrogen) atoms. The predicted molar refractivity (Wildman–Crippen MR) is 250 cm³/mol. The summed E-state index contributed by atoms with van der Waals surface area (Å²) in [6.07, 6.45) is 51.4. The molecular formula is C52H101NO5. The van der Waals surface area contributed by atoms with E-state index in [9.17, 15) is 19.8 Å². The van der Waals surface area contributed by atoms with Crippen molar-refractivity contribution in [1.82, 2.24) is 5.32 Å². The standard InChI is InChI=1S/C52H101NO5/c1-4-7-10-13-16-19-21-23-25-27-29-32-35-38-41-44-50(55)49(47-54)53-51(56)46-48(43-40-37-34-31-18-15-12-9-6-3)58-52(57)45-42-39-36-33-30-28-26-24-22-20-17-14-11-8-5-2/h15,18,48-50,54-55H,4-14,16-17,19-47H2,1-3H3,(H,53,56)/b18-15-. The monoisotopic (exact) mass is 820 g/mol. The molecule has 1 amide bonds. The number of carbonyl (C=O) groups is 2. The lowest BCUT2D eigenvalue weighted by molar-refractivity contribution is -0.151. The third-order valence-corrected chi connectivity index (χ3v) is 12.1. The van der Waals surface area contributed by atoms with Gasteiger partial charge in [-0.15, -0.1) is 0 Å². The molecule has 0 bridgehead atoms. The highest BCUT2D eigenvalue weighted by Crippen LogP contribution is 2.18. The van der Waals surface area contributed by atoms with Gasteiger partial charge in [-0.25, -0.2) is 0 Å². The van der Waals surface area contributed by atoms with E-state index in [0.29, 0.717) is 19.3 Å². The van der Waals surface area contributed by atoms with Crippen molar-refractivity contribution >= 4 is 11.9 Å². The second-order valence-corrected chi connectivity index (χ2v) is 17.9. The fraction of sp³-hybridized carbons (Fsp3) is 0.923. The molecule has 3 atom stereocenters. The van der Waals surface area contributed by atoms with Crippen LogP contribution in [-0.2, 0) is 14.3 Å². The number of rotatable bonds is 47. The lowest BCUT2D eigenvalue weighted by Gasteiger charge is -2.24. The Kier molecular flexibility index (Phi) is 45.5. The van der Waals surface area contributed by atoms with Crippen LogP contribution < -0.4 is 5.32 Å². The first-order valence-electron chi connectivity index (χ1n) is 25.9. The highest BCUT2D eigenvalue weighted by molar-refractivity contribution is 5.77. The zero-order valence-corrected chi connectivity index (χ0v) is 39.2. The van der Waals surface area contributed by atoms with Crippen LogP contribution in [0.5, 0.6) is 0 Å². The van der Waals surface area contributed by atoms with Crippen LogP contribution in [0.3, 0.4) is 0 Å². The fourth-order valence-corrected chi connectivity index (χ4v) is 8.12. The second-order valence-electron chi connectivity index (χ2n) is 17.9. The fourth-order valence-electron chi connectivity index (χ4n) is 8.12. The maximum absolute atomic E-state index is 13.2. The van der Waals surface area contributed by atoms with Gasteiger partial charge in [0.15, 0.2) is 0 Å². The summed E-state index contributed by atoms with van der Waals surface area (Å²) in [5.74, 6) is -0.475. The van der Waals surface area contributed by atoms with Gasteiger partial charge in [0.25, 0.3) is 0 Å². The normalized spacial score (nSPS) is 13.3. The van der Waals surface area contributed by atoms with Gasteiger partial charge >= 0.3 is 5.97 Å². The number of carbonyl (C=O) groups excluding carboxylic acids is 2. The lowest BCUT2D eigenvalue weighted by Crippen LogP contribution is -2.46. The zero-order valence-electron chi connectivity index (χ0n) is 39.2. The van der Waals surface area contributed by atoms with Crippen LogP contribution >= 0.6 is 0 Å². The molecule has 0 aliphatic rings. The van der Waals surface area contributed by atoms with E-state index >= 15 is 0 Å². The van der Waals surface area contributed by atoms with E-state index in [2.05, 4.69) is 38.2 Å². The van der Waals surface area contributed by atoms with Gasteiger partial charge < -0.3 is 20.3 Å². The number of esters is 1. The summed E-state index contributed by atoms with van der Waals surface area (Å²) >= 11 is 0. The largest absolute Gasteiger partial charge is 0.462 e. The van der Waals surface area contributed by atoms with Gasteiger partial charge in [-0.3, -0.25) is 9.59 Å². The van der Waals surface area contributed by atoms with Crippen molar-refractivity contribution in [1.29, 1.82) is 0 Å². The molecule has 0 rings (SSSR count). The number of hydrogen-bond acceptors (Lipinski definition) is 5. The van der Waals surface area contributed by atoms with E-state index < -0.39 is 18.2 Å². The Hall–Kier alpha value is -1.40. The molecule has 0 saturated carbocycles. The molecule has 6 heteroatoms. The number of unbranched alkanes of at least 4 members (excludes halogenated alkanes) is 33. The molecule has 3 unspecified atom stereocenters. The average molecular weight is 820 g/mol. The molecule has 0 heterocycles. The van der Waals surface area contributed by atoms with Crippen LogP contribution in [0.1, 0.15) is 284 Å². The summed E-state index contributed by atoms with van der Waals surface area (Å²) in [4.78, 5) is 26.0. The van der Waals surface area contributed by atoms with Gasteiger partial charge in [0.2, 0.25) is 5.91 Å². The molecule has 0 aromatic rings. The van der Waals surface area contributed by atoms with E-state index in [1.165, 1.54) is 173 Å². The van der Waals surface area contributed by atoms with Crippen LogP contribution in [0.25, 0.3) is 0 Å². The van der Waals surface area contributed by atoms with Gasteiger partial charge in [0.05, 0.1) is 25.2 Å². The van der Waals surface area contributed by atoms with E-state index in [-0.39, 0.29) is 24.9 Å². The summed E-state index contributed by atoms with van der Waals surface area (Å²) in [6, 6.07) is -0.699. The summed E-state index contributed by atoms with van der Waals surface area (Å²) in [5.41, 5.74) is 0. The van der Waals surface area contributed by atoms with Gasteiger partial charge in [0, 0.05) is 6.42 Å². The van der Waals surface area contributed by atoms with Gasteiger partial charge in [-0.2, -0.15) is 0 Å². The summed E-state index contributed by atoms with van der Waals surface area (Å²) < 4.78 is 5.91. The molecule has 6 nitrogen and oxygen atoms in total. The van der Waals surface area contributed by atoms with Gasteiger partial charge in [-0.1, -0.05) is 238 Å². The van der Waals surface area contributed by atoms with E-state index in [1.54, 1.807) is 0 Å². The molecule has 0 spiro atoms. The highest BCUT2D eigenvalue weighted by Gasteiger charge is 2.24. The Morgan fingerprint density at radius 2 is 0.845 bits per heavy atom. The maximum Gasteiger partial charge on any atom is 0.306 e. The molecule has 0 aromatic heterocycles. The topological polar surface area (TPSA) is 95.9 Å². The number of ether oxygens (including phenoxy) is 1. The Morgan fingerprint density at radius 1 is 0.483 bits per heavy atom. The zero-order chi connectivity index (χ0) is 42.4. The smallest absolute Gasteiger partial charge is 0.306 e. The summed E-state index contributed by atoms with van der Waals surface area (Å²) in [6.45, 7) is 6.46. The van der Waals surface area contributed by atoms with E-state index in [0.717, 1.165) is 64.2 Å². The molecule has 0 aromatic carbocycles. The first kappa shape index (κ1) is 56.6. The highest BCUT2D eigenvalue weighted by atomic mass is 16.5. The maximum atomic E-state index is 13.2. The first-order chi connectivity index (χ1) is 28.5. The summed E-state index contributed by atoms with van der Waals surface area (Å²) in [5, 5.41) is 23.7. The van der Waals surface area contributed by atoms with Crippen molar-refractivity contribution in [2.75, 3.05) is 6.61 Å². The minimum absolute atomic E-state index is 0.0731. The van der Waals surface area contributed by atoms with Crippen LogP contribution in [0.15, 0.2) is 12.2 Å². The van der Waals surface area contributed by atoms with Gasteiger partial charge in [0.1, 0.15) is 6.10 Å². The molecule has 0 saturated heterocycles. The Balaban J connectivity index is 4.41. The third kappa shape index (κ3) is 41.3. The van der Waals surface area contributed by atoms with Crippen LogP contribution in [0.4, 0.5) is 0 Å². The Labute approximate surface area is 361 Å². The van der Waals surface area contributed by atoms with Crippen molar-refractivity contribution in [2.24, 2.45) is 0 Å². The molecule has 0 aliphatic heterocycles. The Morgan fingerprint density at radius 3 is 1.28 bits per heavy atom. The minimum atomic E-state index is -0.785. The van der Waals surface area contributed by atoms with Crippen molar-refractivity contribution < 1.29 is 24.5 Å². The Bertz CT molecular complexity index is 878. The van der Waals surface area contributed by atoms with Gasteiger partial charge in [-0.05, 0) is 44.9 Å². The van der Waals surface area contributed by atoms with Crippen molar-refractivity contribution in [3.8, 4) is 0 Å².